The van der Waals surface area contributed by atoms with Crippen molar-refractivity contribution in [2.75, 3.05) is 0 Å². The first kappa shape index (κ1) is 6.73. The van der Waals surface area contributed by atoms with E-state index in [1.165, 1.54) is 6.33 Å². The zero-order chi connectivity index (χ0) is 7.68. The summed E-state index contributed by atoms with van der Waals surface area (Å²) >= 11 is 3.39. The van der Waals surface area contributed by atoms with Crippen LogP contribution in [0.1, 0.15) is 0 Å². The number of para-hydroxylation sites is 1. The summed E-state index contributed by atoms with van der Waals surface area (Å²) in [6.45, 7) is 0. The van der Waals surface area contributed by atoms with E-state index in [-0.39, 0.29) is 0 Å². The van der Waals surface area contributed by atoms with Crippen LogP contribution >= 0.6 is 15.9 Å². The van der Waals surface area contributed by atoms with Gasteiger partial charge >= 0.3 is 0 Å². The molecular weight excluding hydrogens is 204 g/mol. The third-order valence-corrected chi connectivity index (χ3v) is 2.06. The van der Waals surface area contributed by atoms with E-state index >= 15 is 0 Å². The molecule has 1 aromatic carbocycles. The number of aromatic nitrogens is 2. The van der Waals surface area contributed by atoms with Gasteiger partial charge in [0, 0.05) is 9.86 Å². The van der Waals surface area contributed by atoms with Gasteiger partial charge in [-0.05, 0) is 22.0 Å². The smallest absolute Gasteiger partial charge is 0.116 e. The van der Waals surface area contributed by atoms with Crippen molar-refractivity contribution >= 4 is 26.8 Å². The van der Waals surface area contributed by atoms with Crippen LogP contribution in [-0.2, 0) is 0 Å². The summed E-state index contributed by atoms with van der Waals surface area (Å²) < 4.78 is 0.980. The van der Waals surface area contributed by atoms with Crippen LogP contribution in [0.3, 0.4) is 0 Å². The van der Waals surface area contributed by atoms with E-state index in [1.54, 1.807) is 0 Å². The number of hydrogen-bond donors (Lipinski definition) is 0. The van der Waals surface area contributed by atoms with Crippen molar-refractivity contribution in [3.05, 3.63) is 35.2 Å². The quantitative estimate of drug-likeness (QED) is 0.663. The van der Waals surface area contributed by atoms with E-state index in [1.807, 2.05) is 18.2 Å². The molecule has 0 atom stereocenters. The van der Waals surface area contributed by atoms with Crippen LogP contribution in [-0.4, -0.2) is 9.97 Å². The lowest BCUT2D eigenvalue weighted by Gasteiger charge is -1.95. The Morgan fingerprint density at radius 1 is 1.36 bits per heavy atom. The summed E-state index contributed by atoms with van der Waals surface area (Å²) in [7, 11) is 0. The summed E-state index contributed by atoms with van der Waals surface area (Å²) in [5.74, 6) is 0. The van der Waals surface area contributed by atoms with E-state index in [4.69, 9.17) is 0 Å². The van der Waals surface area contributed by atoms with Crippen molar-refractivity contribution in [2.24, 2.45) is 0 Å². The SMILES string of the molecule is Brc1cccc2[c]ncnc12. The minimum atomic E-state index is 0.905. The Morgan fingerprint density at radius 3 is 3.09 bits per heavy atom. The molecule has 0 spiro atoms. The van der Waals surface area contributed by atoms with Gasteiger partial charge in [-0.15, -0.1) is 0 Å². The highest BCUT2D eigenvalue weighted by atomic mass is 79.9. The van der Waals surface area contributed by atoms with Crippen LogP contribution < -0.4 is 0 Å². The Balaban J connectivity index is 2.91. The van der Waals surface area contributed by atoms with Gasteiger partial charge in [0.25, 0.3) is 0 Å². The van der Waals surface area contributed by atoms with Crippen LogP contribution in [0.25, 0.3) is 10.9 Å². The summed E-state index contributed by atoms with van der Waals surface area (Å²) in [6, 6.07) is 5.82. The summed E-state index contributed by atoms with van der Waals surface area (Å²) in [5.41, 5.74) is 0.905. The maximum absolute atomic E-state index is 4.09. The maximum Gasteiger partial charge on any atom is 0.116 e. The maximum atomic E-state index is 4.09. The van der Waals surface area contributed by atoms with Crippen molar-refractivity contribution in [3.63, 3.8) is 0 Å². The largest absolute Gasteiger partial charge is 0.235 e. The third kappa shape index (κ3) is 1.12. The average molecular weight is 208 g/mol. The minimum Gasteiger partial charge on any atom is -0.235 e. The molecule has 2 rings (SSSR count). The molecule has 0 N–H and O–H groups in total. The number of benzene rings is 1. The second-order valence-electron chi connectivity index (χ2n) is 2.12. The molecule has 0 bridgehead atoms. The zero-order valence-corrected chi connectivity index (χ0v) is 7.17. The van der Waals surface area contributed by atoms with Gasteiger partial charge in [0.15, 0.2) is 0 Å². The van der Waals surface area contributed by atoms with Crippen LogP contribution in [0.4, 0.5) is 0 Å². The number of rotatable bonds is 0. The molecule has 0 aliphatic rings. The topological polar surface area (TPSA) is 25.8 Å². The second kappa shape index (κ2) is 2.58. The van der Waals surface area contributed by atoms with E-state index in [2.05, 4.69) is 32.1 Å². The fraction of sp³-hybridized carbons (Fsp3) is 0. The molecule has 0 saturated carbocycles. The van der Waals surface area contributed by atoms with Gasteiger partial charge in [0.05, 0.1) is 5.52 Å². The van der Waals surface area contributed by atoms with Crippen LogP contribution in [0.15, 0.2) is 29.0 Å². The summed E-state index contributed by atoms with van der Waals surface area (Å²) in [4.78, 5) is 7.89. The fourth-order valence-corrected chi connectivity index (χ4v) is 1.39. The highest BCUT2D eigenvalue weighted by molar-refractivity contribution is 9.10. The molecule has 53 valence electrons. The first-order valence-electron chi connectivity index (χ1n) is 3.15. The van der Waals surface area contributed by atoms with Crippen molar-refractivity contribution < 1.29 is 0 Å². The Hall–Kier alpha value is -0.960. The first-order chi connectivity index (χ1) is 5.38. The van der Waals surface area contributed by atoms with Gasteiger partial charge in [-0.3, -0.25) is 0 Å². The predicted molar refractivity (Wildman–Crippen MR) is 46.1 cm³/mol. The molecule has 11 heavy (non-hydrogen) atoms. The van der Waals surface area contributed by atoms with Crippen LogP contribution in [0.5, 0.6) is 0 Å². The van der Waals surface area contributed by atoms with E-state index in [0.29, 0.717) is 0 Å². The van der Waals surface area contributed by atoms with Gasteiger partial charge < -0.3 is 0 Å². The van der Waals surface area contributed by atoms with Crippen molar-refractivity contribution in [1.29, 1.82) is 0 Å². The van der Waals surface area contributed by atoms with Crippen molar-refractivity contribution in [1.82, 2.24) is 9.97 Å². The lowest BCUT2D eigenvalue weighted by molar-refractivity contribution is 1.21. The summed E-state index contributed by atoms with van der Waals surface area (Å²) in [5, 5.41) is 0.932. The number of halogens is 1. The highest BCUT2D eigenvalue weighted by Crippen LogP contribution is 2.19. The molecule has 0 amide bonds. The van der Waals surface area contributed by atoms with Crippen LogP contribution in [0.2, 0.25) is 0 Å². The predicted octanol–water partition coefficient (Wildman–Crippen LogP) is 2.19. The standard InChI is InChI=1S/C8H4BrN2/c9-7-3-1-2-6-4-10-5-11-8(6)7/h1-3,5H. The highest BCUT2D eigenvalue weighted by Gasteiger charge is 1.96. The molecule has 0 saturated heterocycles. The minimum absolute atomic E-state index is 0.905. The Morgan fingerprint density at radius 2 is 2.27 bits per heavy atom. The average Bonchev–Trinajstić information content (AvgIpc) is 2.06. The summed E-state index contributed by atoms with van der Waals surface area (Å²) in [6.07, 6.45) is 4.34. The van der Waals surface area contributed by atoms with E-state index in [0.717, 1.165) is 15.4 Å². The monoisotopic (exact) mass is 207 g/mol. The molecule has 3 heteroatoms. The number of fused-ring (bicyclic) bond motifs is 1. The Kier molecular flexibility index (Phi) is 1.58. The molecular formula is C8H4BrN2. The molecule has 0 aliphatic heterocycles. The molecule has 0 aliphatic carbocycles. The van der Waals surface area contributed by atoms with Crippen molar-refractivity contribution in [2.45, 2.75) is 0 Å². The van der Waals surface area contributed by atoms with Crippen LogP contribution in [0, 0.1) is 6.20 Å². The lowest BCUT2D eigenvalue weighted by Crippen LogP contribution is -1.81. The number of nitrogens with zero attached hydrogens (tertiary/aromatic N) is 2. The molecule has 1 heterocycles. The Bertz CT molecular complexity index is 381. The van der Waals surface area contributed by atoms with E-state index in [9.17, 15) is 0 Å². The lowest BCUT2D eigenvalue weighted by atomic mass is 10.2. The van der Waals surface area contributed by atoms with E-state index < -0.39 is 0 Å². The molecule has 2 nitrogen and oxygen atoms in total. The number of hydrogen-bond acceptors (Lipinski definition) is 2. The van der Waals surface area contributed by atoms with Gasteiger partial charge in [0.1, 0.15) is 12.5 Å². The van der Waals surface area contributed by atoms with Gasteiger partial charge in [0.2, 0.25) is 0 Å². The molecule has 0 unspecified atom stereocenters. The fourth-order valence-electron chi connectivity index (χ4n) is 0.922. The van der Waals surface area contributed by atoms with Gasteiger partial charge in [-0.25, -0.2) is 9.97 Å². The molecule has 0 fully saturated rings. The van der Waals surface area contributed by atoms with Crippen molar-refractivity contribution in [3.8, 4) is 0 Å². The Labute approximate surface area is 72.4 Å². The molecule has 1 radical (unpaired) electrons. The normalized spacial score (nSPS) is 10.3. The first-order valence-corrected chi connectivity index (χ1v) is 3.94. The third-order valence-electron chi connectivity index (χ3n) is 1.42. The molecule has 1 aromatic heterocycles. The molecule has 2 aromatic rings. The van der Waals surface area contributed by atoms with Gasteiger partial charge in [-0.1, -0.05) is 12.1 Å². The second-order valence-corrected chi connectivity index (χ2v) is 2.98. The van der Waals surface area contributed by atoms with Gasteiger partial charge in [-0.2, -0.15) is 0 Å². The zero-order valence-electron chi connectivity index (χ0n) is 5.58.